The van der Waals surface area contributed by atoms with Gasteiger partial charge in [0.05, 0.1) is 17.3 Å². The Morgan fingerprint density at radius 3 is 2.41 bits per heavy atom. The number of nitrogens with zero attached hydrogens (tertiary/aromatic N) is 2. The van der Waals surface area contributed by atoms with E-state index in [1.807, 2.05) is 30.3 Å². The molecule has 0 aliphatic heterocycles. The number of rotatable bonds is 6. The summed E-state index contributed by atoms with van der Waals surface area (Å²) >= 11 is 0. The molecule has 1 heterocycles. The first-order valence-corrected chi connectivity index (χ1v) is 10.9. The maximum absolute atomic E-state index is 9.04. The van der Waals surface area contributed by atoms with Crippen molar-refractivity contribution in [3.05, 3.63) is 90.0 Å². The Morgan fingerprint density at radius 2 is 1.69 bits per heavy atom. The van der Waals surface area contributed by atoms with Crippen LogP contribution in [0.4, 0.5) is 11.4 Å². The van der Waals surface area contributed by atoms with Crippen LogP contribution in [0, 0.1) is 11.3 Å². The molecule has 4 nitrogen and oxygen atoms in total. The molecule has 1 aromatic heterocycles. The van der Waals surface area contributed by atoms with Gasteiger partial charge < -0.3 is 9.73 Å². The number of hydrogen-bond donors (Lipinski definition) is 1. The van der Waals surface area contributed by atoms with E-state index >= 15 is 0 Å². The Kier molecular flexibility index (Phi) is 5.31. The quantitative estimate of drug-likeness (QED) is 0.309. The van der Waals surface area contributed by atoms with Gasteiger partial charge in [-0.15, -0.1) is 0 Å². The highest BCUT2D eigenvalue weighted by molar-refractivity contribution is 6.10. The second-order valence-electron chi connectivity index (χ2n) is 7.95. The van der Waals surface area contributed by atoms with Crippen molar-refractivity contribution in [1.29, 1.82) is 5.26 Å². The maximum Gasteiger partial charge on any atom is 0.227 e. The van der Waals surface area contributed by atoms with E-state index in [-0.39, 0.29) is 0 Å². The minimum Gasteiger partial charge on any atom is -0.436 e. The molecule has 5 aromatic rings. The number of oxazole rings is 1. The van der Waals surface area contributed by atoms with E-state index in [1.165, 1.54) is 18.4 Å². The van der Waals surface area contributed by atoms with Crippen molar-refractivity contribution in [2.45, 2.75) is 26.2 Å². The number of aryl methyl sites for hydroxylation is 1. The molecule has 0 radical (unpaired) electrons. The summed E-state index contributed by atoms with van der Waals surface area (Å²) in [7, 11) is 0. The fourth-order valence-electron chi connectivity index (χ4n) is 3.96. The van der Waals surface area contributed by atoms with E-state index in [0.717, 1.165) is 45.2 Å². The average molecular weight is 418 g/mol. The number of hydrogen-bond acceptors (Lipinski definition) is 4. The van der Waals surface area contributed by atoms with E-state index in [0.29, 0.717) is 11.5 Å². The van der Waals surface area contributed by atoms with Crippen molar-refractivity contribution in [2.24, 2.45) is 0 Å². The van der Waals surface area contributed by atoms with Crippen LogP contribution in [0.2, 0.25) is 0 Å². The highest BCUT2D eigenvalue weighted by atomic mass is 16.3. The van der Waals surface area contributed by atoms with Gasteiger partial charge in [0.1, 0.15) is 5.52 Å². The lowest BCUT2D eigenvalue weighted by Gasteiger charge is -2.11. The molecule has 0 aliphatic carbocycles. The third kappa shape index (κ3) is 3.81. The van der Waals surface area contributed by atoms with Gasteiger partial charge in [0, 0.05) is 28.1 Å². The van der Waals surface area contributed by atoms with Crippen LogP contribution >= 0.6 is 0 Å². The molecule has 0 unspecified atom stereocenters. The monoisotopic (exact) mass is 417 g/mol. The van der Waals surface area contributed by atoms with Crippen LogP contribution in [0.25, 0.3) is 33.3 Å². The van der Waals surface area contributed by atoms with Crippen LogP contribution in [0.5, 0.6) is 0 Å². The molecule has 156 valence electrons. The highest BCUT2D eigenvalue weighted by Gasteiger charge is 2.14. The molecule has 0 saturated carbocycles. The number of benzene rings is 4. The van der Waals surface area contributed by atoms with Crippen molar-refractivity contribution in [3.63, 3.8) is 0 Å². The second-order valence-corrected chi connectivity index (χ2v) is 7.95. The summed E-state index contributed by atoms with van der Waals surface area (Å²) in [4.78, 5) is 4.78. The fourth-order valence-corrected chi connectivity index (χ4v) is 3.96. The molecule has 5 rings (SSSR count). The Bertz CT molecular complexity index is 1420. The van der Waals surface area contributed by atoms with Crippen LogP contribution in [-0.2, 0) is 6.42 Å². The zero-order chi connectivity index (χ0) is 21.9. The van der Waals surface area contributed by atoms with Gasteiger partial charge in [-0.25, -0.2) is 4.98 Å². The van der Waals surface area contributed by atoms with Crippen molar-refractivity contribution in [2.75, 3.05) is 5.32 Å². The lowest BCUT2D eigenvalue weighted by molar-refractivity contribution is 0.620. The number of aromatic nitrogens is 1. The van der Waals surface area contributed by atoms with E-state index in [4.69, 9.17) is 14.7 Å². The van der Waals surface area contributed by atoms with E-state index in [2.05, 4.69) is 54.7 Å². The molecular formula is C28H23N3O. The smallest absolute Gasteiger partial charge is 0.227 e. The number of fused-ring (bicyclic) bond motifs is 3. The summed E-state index contributed by atoms with van der Waals surface area (Å²) in [6, 6.07) is 28.3. The number of nitrogens with one attached hydrogen (secondary N) is 1. The summed E-state index contributed by atoms with van der Waals surface area (Å²) in [5.74, 6) is 0.548. The Labute approximate surface area is 187 Å². The fraction of sp³-hybridized carbons (Fsp3) is 0.143. The van der Waals surface area contributed by atoms with Gasteiger partial charge in [0.2, 0.25) is 5.89 Å². The number of nitriles is 1. The summed E-state index contributed by atoms with van der Waals surface area (Å²) in [6.45, 7) is 2.22. The van der Waals surface area contributed by atoms with Gasteiger partial charge in [-0.05, 0) is 54.8 Å². The molecule has 0 spiro atoms. The summed E-state index contributed by atoms with van der Waals surface area (Å²) < 4.78 is 6.14. The van der Waals surface area contributed by atoms with Gasteiger partial charge in [-0.1, -0.05) is 49.7 Å². The van der Waals surface area contributed by atoms with Crippen LogP contribution in [0.1, 0.15) is 30.9 Å². The molecule has 0 bridgehead atoms. The van der Waals surface area contributed by atoms with Crippen LogP contribution in [0.15, 0.2) is 83.3 Å². The minimum absolute atomic E-state index is 0.548. The molecule has 1 N–H and O–H groups in total. The van der Waals surface area contributed by atoms with Gasteiger partial charge >= 0.3 is 0 Å². The van der Waals surface area contributed by atoms with Crippen molar-refractivity contribution in [1.82, 2.24) is 4.98 Å². The molecule has 4 heteroatoms. The molecule has 4 aromatic carbocycles. The lowest BCUT2D eigenvalue weighted by Crippen LogP contribution is -1.93. The third-order valence-electron chi connectivity index (χ3n) is 5.71. The Hall–Kier alpha value is -4.10. The molecule has 32 heavy (non-hydrogen) atoms. The maximum atomic E-state index is 9.04. The number of unbranched alkanes of at least 4 members (excludes halogenated alkanes) is 1. The van der Waals surface area contributed by atoms with Crippen molar-refractivity contribution in [3.8, 4) is 17.5 Å². The van der Waals surface area contributed by atoms with Crippen molar-refractivity contribution < 1.29 is 4.42 Å². The predicted molar refractivity (Wildman–Crippen MR) is 130 cm³/mol. The lowest BCUT2D eigenvalue weighted by atomic mass is 10.1. The molecule has 0 fully saturated rings. The van der Waals surface area contributed by atoms with Crippen LogP contribution in [-0.4, -0.2) is 4.98 Å². The summed E-state index contributed by atoms with van der Waals surface area (Å²) in [6.07, 6.45) is 3.52. The average Bonchev–Trinajstić information content (AvgIpc) is 3.28. The van der Waals surface area contributed by atoms with Gasteiger partial charge in [-0.3, -0.25) is 0 Å². The Morgan fingerprint density at radius 1 is 0.938 bits per heavy atom. The number of anilines is 2. The van der Waals surface area contributed by atoms with Gasteiger partial charge in [0.15, 0.2) is 5.58 Å². The summed E-state index contributed by atoms with van der Waals surface area (Å²) in [5, 5.41) is 14.7. The van der Waals surface area contributed by atoms with Gasteiger partial charge in [-0.2, -0.15) is 5.26 Å². The molecular weight excluding hydrogens is 394 g/mol. The van der Waals surface area contributed by atoms with E-state index < -0.39 is 0 Å². The van der Waals surface area contributed by atoms with Crippen molar-refractivity contribution >= 4 is 33.2 Å². The van der Waals surface area contributed by atoms with E-state index in [9.17, 15) is 0 Å². The topological polar surface area (TPSA) is 61.9 Å². The first-order valence-electron chi connectivity index (χ1n) is 10.9. The summed E-state index contributed by atoms with van der Waals surface area (Å²) in [5.41, 5.74) is 6.41. The molecule has 0 atom stereocenters. The first kappa shape index (κ1) is 19.8. The predicted octanol–water partition coefficient (Wildman–Crippen LogP) is 7.61. The second kappa shape index (κ2) is 8.56. The molecule has 0 aliphatic rings. The SMILES string of the molecule is CCCCc1ccc(Nc2cc3oc(-c4ccc(C#N)cc4)nc3c3ccccc23)cc1. The highest BCUT2D eigenvalue weighted by Crippen LogP contribution is 2.35. The minimum atomic E-state index is 0.548. The van der Waals surface area contributed by atoms with E-state index in [1.54, 1.807) is 12.1 Å². The van der Waals surface area contributed by atoms with Crippen LogP contribution < -0.4 is 5.32 Å². The zero-order valence-corrected chi connectivity index (χ0v) is 17.9. The molecule has 0 amide bonds. The van der Waals surface area contributed by atoms with Crippen LogP contribution in [0.3, 0.4) is 0 Å². The standard InChI is InChI=1S/C28H23N3O/c1-2-3-6-19-11-15-22(16-12-19)30-25-17-26-27(24-8-5-4-7-23(24)25)31-28(32-26)21-13-9-20(18-29)10-14-21/h4-5,7-17,30H,2-3,6H2,1H3. The third-order valence-corrected chi connectivity index (χ3v) is 5.71. The first-order chi connectivity index (χ1) is 15.7. The van der Waals surface area contributed by atoms with Gasteiger partial charge in [0.25, 0.3) is 0 Å². The molecule has 0 saturated heterocycles. The Balaban J connectivity index is 1.54. The normalized spacial score (nSPS) is 11.0. The zero-order valence-electron chi connectivity index (χ0n) is 17.9. The largest absolute Gasteiger partial charge is 0.436 e.